The van der Waals surface area contributed by atoms with Crippen LogP contribution in [0.4, 0.5) is 0 Å². The zero-order valence-corrected chi connectivity index (χ0v) is 9.98. The van der Waals surface area contributed by atoms with Gasteiger partial charge < -0.3 is 10.3 Å². The molecule has 0 radical (unpaired) electrons. The van der Waals surface area contributed by atoms with Gasteiger partial charge in [0.25, 0.3) is 0 Å². The highest BCUT2D eigenvalue weighted by molar-refractivity contribution is 7.99. The van der Waals surface area contributed by atoms with Crippen molar-refractivity contribution in [2.45, 2.75) is 23.1 Å². The van der Waals surface area contributed by atoms with Gasteiger partial charge in [-0.15, -0.1) is 10.2 Å². The molecule has 0 amide bonds. The largest absolute Gasteiger partial charge is 0.324 e. The molecule has 2 N–H and O–H groups in total. The number of pyridine rings is 1. The molecule has 2 aromatic rings. The molecule has 2 rings (SSSR count). The molecule has 0 aromatic carbocycles. The maximum absolute atomic E-state index is 5.82. The zero-order chi connectivity index (χ0) is 11.5. The van der Waals surface area contributed by atoms with Crippen molar-refractivity contribution in [3.8, 4) is 0 Å². The Bertz CT molecular complexity index is 480. The van der Waals surface area contributed by atoms with Gasteiger partial charge >= 0.3 is 0 Å². The van der Waals surface area contributed by atoms with Crippen molar-refractivity contribution in [3.05, 3.63) is 30.2 Å². The Kier molecular flexibility index (Phi) is 3.21. The van der Waals surface area contributed by atoms with E-state index in [1.54, 1.807) is 12.5 Å². The molecular formula is C10H13N5S. The summed E-state index contributed by atoms with van der Waals surface area (Å²) in [6.45, 7) is 1.95. The van der Waals surface area contributed by atoms with Crippen molar-refractivity contribution in [1.82, 2.24) is 19.7 Å². The number of aryl methyl sites for hydroxylation is 1. The molecule has 0 aliphatic heterocycles. The second-order valence-corrected chi connectivity index (χ2v) is 4.53. The summed E-state index contributed by atoms with van der Waals surface area (Å²) in [7, 11) is 1.90. The normalized spacial score (nSPS) is 12.7. The fourth-order valence-corrected chi connectivity index (χ4v) is 2.00. The minimum Gasteiger partial charge on any atom is -0.324 e. The molecule has 2 heterocycles. The summed E-state index contributed by atoms with van der Waals surface area (Å²) in [6, 6.07) is 3.91. The molecule has 0 spiro atoms. The van der Waals surface area contributed by atoms with Gasteiger partial charge in [0.05, 0.1) is 0 Å². The fraction of sp³-hybridized carbons (Fsp3) is 0.300. The standard InChI is InChI=1S/C10H13N5S/c1-7(11)8-3-4-12-9(5-8)16-10-14-13-6-15(10)2/h3-7H,11H2,1-2H3/t7-/m0/s1. The summed E-state index contributed by atoms with van der Waals surface area (Å²) in [5, 5.41) is 9.50. The Morgan fingerprint density at radius 1 is 1.50 bits per heavy atom. The fourth-order valence-electron chi connectivity index (χ4n) is 1.22. The van der Waals surface area contributed by atoms with Gasteiger partial charge in [-0.1, -0.05) is 0 Å². The molecular weight excluding hydrogens is 222 g/mol. The van der Waals surface area contributed by atoms with Crippen molar-refractivity contribution in [1.29, 1.82) is 0 Å². The average molecular weight is 235 g/mol. The van der Waals surface area contributed by atoms with Crippen molar-refractivity contribution >= 4 is 11.8 Å². The number of hydrogen-bond acceptors (Lipinski definition) is 5. The van der Waals surface area contributed by atoms with Crippen LogP contribution in [0.5, 0.6) is 0 Å². The van der Waals surface area contributed by atoms with Gasteiger partial charge in [0.2, 0.25) is 0 Å². The van der Waals surface area contributed by atoms with Crippen LogP contribution in [0, 0.1) is 0 Å². The molecule has 2 aromatic heterocycles. The highest BCUT2D eigenvalue weighted by atomic mass is 32.2. The molecule has 5 nitrogen and oxygen atoms in total. The Labute approximate surface area is 98.1 Å². The van der Waals surface area contributed by atoms with Crippen molar-refractivity contribution in [2.75, 3.05) is 0 Å². The van der Waals surface area contributed by atoms with Crippen LogP contribution in [0.25, 0.3) is 0 Å². The highest BCUT2D eigenvalue weighted by Crippen LogP contribution is 2.24. The first-order valence-corrected chi connectivity index (χ1v) is 5.72. The summed E-state index contributed by atoms with van der Waals surface area (Å²) in [5.74, 6) is 0. The number of nitrogens with zero attached hydrogens (tertiary/aromatic N) is 4. The van der Waals surface area contributed by atoms with E-state index in [4.69, 9.17) is 5.73 Å². The summed E-state index contributed by atoms with van der Waals surface area (Å²) < 4.78 is 1.85. The maximum atomic E-state index is 5.82. The van der Waals surface area contributed by atoms with Gasteiger partial charge in [-0.25, -0.2) is 4.98 Å². The maximum Gasteiger partial charge on any atom is 0.197 e. The minimum absolute atomic E-state index is 0.0156. The van der Waals surface area contributed by atoms with Crippen LogP contribution in [0.15, 0.2) is 34.8 Å². The lowest BCUT2D eigenvalue weighted by Crippen LogP contribution is -2.05. The molecule has 0 unspecified atom stereocenters. The van der Waals surface area contributed by atoms with Crippen molar-refractivity contribution < 1.29 is 0 Å². The van der Waals surface area contributed by atoms with Crippen LogP contribution < -0.4 is 5.73 Å². The van der Waals surface area contributed by atoms with Crippen LogP contribution in [-0.2, 0) is 7.05 Å². The molecule has 0 aliphatic rings. The van der Waals surface area contributed by atoms with E-state index in [0.717, 1.165) is 15.7 Å². The third-order valence-corrected chi connectivity index (χ3v) is 3.14. The third-order valence-electron chi connectivity index (χ3n) is 2.15. The zero-order valence-electron chi connectivity index (χ0n) is 9.16. The second kappa shape index (κ2) is 4.63. The number of hydrogen-bond donors (Lipinski definition) is 1. The molecule has 84 valence electrons. The van der Waals surface area contributed by atoms with Crippen molar-refractivity contribution in [2.24, 2.45) is 12.8 Å². The van der Waals surface area contributed by atoms with E-state index in [0.29, 0.717) is 0 Å². The first kappa shape index (κ1) is 11.1. The average Bonchev–Trinajstić information content (AvgIpc) is 2.65. The SMILES string of the molecule is C[C@H](N)c1ccnc(Sc2nncn2C)c1. The van der Waals surface area contributed by atoms with Crippen LogP contribution in [0.1, 0.15) is 18.5 Å². The van der Waals surface area contributed by atoms with Gasteiger partial charge in [-0.2, -0.15) is 0 Å². The predicted molar refractivity (Wildman–Crippen MR) is 62.0 cm³/mol. The Morgan fingerprint density at radius 3 is 2.94 bits per heavy atom. The van der Waals surface area contributed by atoms with E-state index in [9.17, 15) is 0 Å². The van der Waals surface area contributed by atoms with E-state index in [2.05, 4.69) is 15.2 Å². The minimum atomic E-state index is 0.0156. The molecule has 0 aliphatic carbocycles. The molecule has 1 atom stereocenters. The van der Waals surface area contributed by atoms with Crippen molar-refractivity contribution in [3.63, 3.8) is 0 Å². The molecule has 6 heteroatoms. The van der Waals surface area contributed by atoms with Gasteiger partial charge in [-0.05, 0) is 36.4 Å². The smallest absolute Gasteiger partial charge is 0.197 e. The predicted octanol–water partition coefficient (Wildman–Crippen LogP) is 1.38. The van der Waals surface area contributed by atoms with Crippen LogP contribution >= 0.6 is 11.8 Å². The van der Waals surface area contributed by atoms with Gasteiger partial charge in [0.15, 0.2) is 5.16 Å². The van der Waals surface area contributed by atoms with Gasteiger partial charge in [0, 0.05) is 19.3 Å². The van der Waals surface area contributed by atoms with Crippen LogP contribution in [-0.4, -0.2) is 19.7 Å². The lowest BCUT2D eigenvalue weighted by atomic mass is 10.1. The lowest BCUT2D eigenvalue weighted by Gasteiger charge is -2.06. The van der Waals surface area contributed by atoms with Crippen LogP contribution in [0.3, 0.4) is 0 Å². The number of nitrogens with two attached hydrogens (primary N) is 1. The molecule has 0 saturated heterocycles. The van der Waals surface area contributed by atoms with E-state index in [-0.39, 0.29) is 6.04 Å². The molecule has 0 fully saturated rings. The number of aromatic nitrogens is 4. The van der Waals surface area contributed by atoms with Gasteiger partial charge in [0.1, 0.15) is 11.4 Å². The number of rotatable bonds is 3. The summed E-state index contributed by atoms with van der Waals surface area (Å²) in [6.07, 6.45) is 3.43. The molecule has 16 heavy (non-hydrogen) atoms. The topological polar surface area (TPSA) is 69.6 Å². The van der Waals surface area contributed by atoms with E-state index in [1.807, 2.05) is 30.7 Å². The molecule has 0 bridgehead atoms. The summed E-state index contributed by atoms with van der Waals surface area (Å²) in [5.41, 5.74) is 6.88. The third kappa shape index (κ3) is 2.40. The summed E-state index contributed by atoms with van der Waals surface area (Å²) >= 11 is 1.48. The Hall–Kier alpha value is -1.40. The quantitative estimate of drug-likeness (QED) is 0.870. The van der Waals surface area contributed by atoms with E-state index < -0.39 is 0 Å². The Morgan fingerprint density at radius 2 is 2.31 bits per heavy atom. The van der Waals surface area contributed by atoms with Crippen LogP contribution in [0.2, 0.25) is 0 Å². The highest BCUT2D eigenvalue weighted by Gasteiger charge is 2.06. The first-order valence-electron chi connectivity index (χ1n) is 4.90. The first-order chi connectivity index (χ1) is 7.66. The van der Waals surface area contributed by atoms with E-state index >= 15 is 0 Å². The molecule has 0 saturated carbocycles. The second-order valence-electron chi connectivity index (χ2n) is 3.54. The monoisotopic (exact) mass is 235 g/mol. The van der Waals surface area contributed by atoms with Gasteiger partial charge in [-0.3, -0.25) is 0 Å². The summed E-state index contributed by atoms with van der Waals surface area (Å²) in [4.78, 5) is 4.26. The lowest BCUT2D eigenvalue weighted by molar-refractivity contribution is 0.784. The Balaban J connectivity index is 2.22. The van der Waals surface area contributed by atoms with E-state index in [1.165, 1.54) is 11.8 Å².